The van der Waals surface area contributed by atoms with Crippen LogP contribution in [-0.2, 0) is 4.79 Å². The third kappa shape index (κ3) is 5.28. The van der Waals surface area contributed by atoms with Crippen LogP contribution in [0.1, 0.15) is 31.7 Å². The maximum Gasteiger partial charge on any atom is 0.267 e. The van der Waals surface area contributed by atoms with E-state index in [2.05, 4.69) is 28.9 Å². The van der Waals surface area contributed by atoms with E-state index in [1.807, 2.05) is 24.3 Å². The number of rotatable bonds is 8. The average Bonchev–Trinajstić information content (AvgIpc) is 3.22. The number of benzene rings is 1. The molecule has 2 saturated heterocycles. The summed E-state index contributed by atoms with van der Waals surface area (Å²) in [5, 5.41) is 0. The van der Waals surface area contributed by atoms with Crippen molar-refractivity contribution in [2.45, 2.75) is 26.2 Å². The molecule has 0 aliphatic carbocycles. The SMILES string of the molecule is CCCCCN1C(=O)/C(=C/c2c(N3CCN(c4ccc(OC)cc4)CC3)nc3ccccn3c2=O)SC1=S. The number of aromatic nitrogens is 2. The summed E-state index contributed by atoms with van der Waals surface area (Å²) in [7, 11) is 1.66. The van der Waals surface area contributed by atoms with Crippen LogP contribution in [0.2, 0.25) is 0 Å². The summed E-state index contributed by atoms with van der Waals surface area (Å²) in [4.78, 5) is 38.3. The van der Waals surface area contributed by atoms with Crippen molar-refractivity contribution in [3.63, 3.8) is 0 Å². The van der Waals surface area contributed by atoms with E-state index in [1.54, 1.807) is 30.3 Å². The van der Waals surface area contributed by atoms with Crippen molar-refractivity contribution in [1.82, 2.24) is 14.3 Å². The van der Waals surface area contributed by atoms with E-state index in [0.29, 0.717) is 45.9 Å². The highest BCUT2D eigenvalue weighted by Crippen LogP contribution is 2.34. The zero-order valence-corrected chi connectivity index (χ0v) is 23.3. The Morgan fingerprint density at radius 1 is 1.03 bits per heavy atom. The van der Waals surface area contributed by atoms with E-state index >= 15 is 0 Å². The first-order chi connectivity index (χ1) is 18.5. The van der Waals surface area contributed by atoms with Crippen LogP contribution in [0.3, 0.4) is 0 Å². The molecule has 198 valence electrons. The zero-order valence-electron chi connectivity index (χ0n) is 21.6. The minimum absolute atomic E-state index is 0.135. The van der Waals surface area contributed by atoms with Crippen LogP contribution in [0.25, 0.3) is 11.7 Å². The number of ether oxygens (including phenoxy) is 1. The van der Waals surface area contributed by atoms with Gasteiger partial charge in [0.05, 0.1) is 17.6 Å². The lowest BCUT2D eigenvalue weighted by Crippen LogP contribution is -2.47. The highest BCUT2D eigenvalue weighted by atomic mass is 32.2. The summed E-state index contributed by atoms with van der Waals surface area (Å²) in [5.41, 5.74) is 1.93. The topological polar surface area (TPSA) is 70.4 Å². The van der Waals surface area contributed by atoms with E-state index in [-0.39, 0.29) is 11.5 Å². The Morgan fingerprint density at radius 3 is 2.47 bits per heavy atom. The number of pyridine rings is 1. The summed E-state index contributed by atoms with van der Waals surface area (Å²) in [6.45, 7) is 5.68. The number of thiocarbonyl (C=S) groups is 1. The van der Waals surface area contributed by atoms with Gasteiger partial charge in [0.1, 0.15) is 21.5 Å². The molecule has 0 spiro atoms. The molecule has 1 amide bonds. The van der Waals surface area contributed by atoms with E-state index in [4.69, 9.17) is 21.9 Å². The minimum Gasteiger partial charge on any atom is -0.497 e. The fourth-order valence-electron chi connectivity index (χ4n) is 4.77. The second-order valence-corrected chi connectivity index (χ2v) is 11.0. The molecule has 0 radical (unpaired) electrons. The monoisotopic (exact) mass is 549 g/mol. The number of nitrogens with zero attached hydrogens (tertiary/aromatic N) is 5. The van der Waals surface area contributed by atoms with Crippen LogP contribution >= 0.6 is 24.0 Å². The second-order valence-electron chi connectivity index (χ2n) is 9.30. The van der Waals surface area contributed by atoms with Gasteiger partial charge in [-0.05, 0) is 48.9 Å². The molecule has 1 aromatic carbocycles. The van der Waals surface area contributed by atoms with Crippen molar-refractivity contribution in [1.29, 1.82) is 0 Å². The van der Waals surface area contributed by atoms with Crippen molar-refractivity contribution in [3.05, 3.63) is 69.5 Å². The van der Waals surface area contributed by atoms with Crippen LogP contribution in [-0.4, -0.2) is 64.3 Å². The Morgan fingerprint density at radius 2 is 1.76 bits per heavy atom. The van der Waals surface area contributed by atoms with Crippen molar-refractivity contribution in [3.8, 4) is 5.75 Å². The van der Waals surface area contributed by atoms with Gasteiger partial charge < -0.3 is 14.5 Å². The molecule has 10 heteroatoms. The van der Waals surface area contributed by atoms with Gasteiger partial charge in [-0.2, -0.15) is 0 Å². The molecule has 2 aliphatic heterocycles. The predicted molar refractivity (Wildman–Crippen MR) is 158 cm³/mol. The molecule has 2 aliphatic rings. The van der Waals surface area contributed by atoms with Gasteiger partial charge in [0.15, 0.2) is 0 Å². The number of hydrogen-bond acceptors (Lipinski definition) is 8. The van der Waals surface area contributed by atoms with Crippen LogP contribution in [0.15, 0.2) is 58.4 Å². The largest absolute Gasteiger partial charge is 0.497 e. The molecular formula is C28H31N5O3S2. The molecule has 0 N–H and O–H groups in total. The highest BCUT2D eigenvalue weighted by molar-refractivity contribution is 8.26. The molecule has 0 atom stereocenters. The molecule has 38 heavy (non-hydrogen) atoms. The lowest BCUT2D eigenvalue weighted by atomic mass is 10.2. The van der Waals surface area contributed by atoms with Crippen LogP contribution in [0.4, 0.5) is 11.5 Å². The number of carbonyl (C=O) groups is 1. The summed E-state index contributed by atoms with van der Waals surface area (Å²) in [6, 6.07) is 13.5. The van der Waals surface area contributed by atoms with Gasteiger partial charge in [-0.25, -0.2) is 4.98 Å². The highest BCUT2D eigenvalue weighted by Gasteiger charge is 2.33. The lowest BCUT2D eigenvalue weighted by Gasteiger charge is -2.37. The number of methoxy groups -OCH3 is 1. The number of amides is 1. The van der Waals surface area contributed by atoms with E-state index in [0.717, 1.165) is 43.8 Å². The van der Waals surface area contributed by atoms with Gasteiger partial charge in [0, 0.05) is 44.6 Å². The maximum atomic E-state index is 13.7. The Balaban J connectivity index is 1.45. The summed E-state index contributed by atoms with van der Waals surface area (Å²) in [6.07, 6.45) is 6.42. The van der Waals surface area contributed by atoms with Gasteiger partial charge in [0.25, 0.3) is 11.5 Å². The smallest absolute Gasteiger partial charge is 0.267 e. The van der Waals surface area contributed by atoms with Crippen molar-refractivity contribution in [2.75, 3.05) is 49.6 Å². The van der Waals surface area contributed by atoms with Gasteiger partial charge >= 0.3 is 0 Å². The Hall–Kier alpha value is -3.37. The molecule has 8 nitrogen and oxygen atoms in total. The Labute approximate surface area is 231 Å². The molecule has 0 saturated carbocycles. The number of thioether (sulfide) groups is 1. The number of fused-ring (bicyclic) bond motifs is 1. The third-order valence-corrected chi connectivity index (χ3v) is 8.28. The molecule has 0 bridgehead atoms. The second kappa shape index (κ2) is 11.6. The third-order valence-electron chi connectivity index (χ3n) is 6.90. The Bertz CT molecular complexity index is 1430. The quantitative estimate of drug-likeness (QED) is 0.232. The number of unbranched alkanes of at least 4 members (excludes halogenated alkanes) is 2. The van der Waals surface area contributed by atoms with Crippen LogP contribution in [0.5, 0.6) is 5.75 Å². The molecule has 5 rings (SSSR count). The fourth-order valence-corrected chi connectivity index (χ4v) is 6.06. The molecule has 2 fully saturated rings. The summed E-state index contributed by atoms with van der Waals surface area (Å²) >= 11 is 6.77. The first-order valence-corrected chi connectivity index (χ1v) is 14.1. The average molecular weight is 550 g/mol. The zero-order chi connectivity index (χ0) is 26.6. The normalized spacial score (nSPS) is 17.2. The van der Waals surface area contributed by atoms with Crippen molar-refractivity contribution in [2.24, 2.45) is 0 Å². The number of anilines is 2. The molecule has 0 unspecified atom stereocenters. The maximum absolute atomic E-state index is 13.7. The molecule has 3 aromatic rings. The first kappa shape index (κ1) is 26.2. The molecule has 2 aromatic heterocycles. The molecule has 4 heterocycles. The van der Waals surface area contributed by atoms with Crippen molar-refractivity contribution >= 4 is 57.4 Å². The summed E-state index contributed by atoms with van der Waals surface area (Å²) < 4.78 is 7.36. The predicted octanol–water partition coefficient (Wildman–Crippen LogP) is 4.42. The Kier molecular flexibility index (Phi) is 7.99. The summed E-state index contributed by atoms with van der Waals surface area (Å²) in [5.74, 6) is 1.30. The van der Waals surface area contributed by atoms with E-state index < -0.39 is 0 Å². The fraction of sp³-hybridized carbons (Fsp3) is 0.357. The van der Waals surface area contributed by atoms with Gasteiger partial charge in [-0.15, -0.1) is 0 Å². The number of hydrogen-bond donors (Lipinski definition) is 0. The minimum atomic E-state index is -0.195. The van der Waals surface area contributed by atoms with E-state index in [9.17, 15) is 9.59 Å². The van der Waals surface area contributed by atoms with Gasteiger partial charge in [-0.3, -0.25) is 18.9 Å². The molecular weight excluding hydrogens is 518 g/mol. The van der Waals surface area contributed by atoms with Gasteiger partial charge in [-0.1, -0.05) is 49.8 Å². The van der Waals surface area contributed by atoms with Gasteiger partial charge in [0.2, 0.25) is 0 Å². The number of piperazine rings is 1. The van der Waals surface area contributed by atoms with E-state index in [1.165, 1.54) is 16.2 Å². The number of carbonyl (C=O) groups excluding carboxylic acids is 1. The first-order valence-electron chi connectivity index (χ1n) is 12.9. The van der Waals surface area contributed by atoms with Crippen LogP contribution < -0.4 is 20.1 Å². The van der Waals surface area contributed by atoms with Crippen LogP contribution in [0, 0.1) is 0 Å². The lowest BCUT2D eigenvalue weighted by molar-refractivity contribution is -0.122. The van der Waals surface area contributed by atoms with Crippen molar-refractivity contribution < 1.29 is 9.53 Å². The standard InChI is InChI=1S/C28H31N5O3S2/c1-3-4-6-14-33-27(35)23(38-28(33)37)19-22-25(29-24-8-5-7-13-32(24)26(22)34)31-17-15-30(16-18-31)20-9-11-21(36-2)12-10-20/h5,7-13,19H,3-4,6,14-18H2,1-2H3/b23-19-.